The van der Waals surface area contributed by atoms with Crippen molar-refractivity contribution in [1.82, 2.24) is 15.0 Å². The molecule has 2 heterocycles. The van der Waals surface area contributed by atoms with Crippen LogP contribution in [0.4, 0.5) is 19.1 Å². The molecule has 2 rings (SSSR count). The van der Waals surface area contributed by atoms with Crippen molar-refractivity contribution in [3.63, 3.8) is 0 Å². The van der Waals surface area contributed by atoms with Gasteiger partial charge in [-0.05, 0) is 0 Å². The van der Waals surface area contributed by atoms with Crippen molar-refractivity contribution in [3.8, 4) is 0 Å². The van der Waals surface area contributed by atoms with Crippen LogP contribution in [0.25, 0.3) is 11.0 Å². The van der Waals surface area contributed by atoms with Crippen LogP contribution in [-0.4, -0.2) is 15.0 Å². The fourth-order valence-corrected chi connectivity index (χ4v) is 1.64. The van der Waals surface area contributed by atoms with Gasteiger partial charge in [0.05, 0.1) is 10.9 Å². The molecule has 0 aliphatic rings. The molecule has 0 bridgehead atoms. The van der Waals surface area contributed by atoms with Crippen molar-refractivity contribution in [2.75, 3.05) is 5.73 Å². The SMILES string of the molecule is Nc1nc(Cl)c2c(C(F)(F)F)cc(=O)[nH]c2n1. The van der Waals surface area contributed by atoms with E-state index in [2.05, 4.69) is 15.0 Å². The topological polar surface area (TPSA) is 84.7 Å². The third-order valence-electron chi connectivity index (χ3n) is 1.97. The Hall–Kier alpha value is -1.83. The molecule has 90 valence electrons. The number of aromatic nitrogens is 3. The highest BCUT2D eigenvalue weighted by Gasteiger charge is 2.34. The lowest BCUT2D eigenvalue weighted by Crippen LogP contribution is -2.15. The second kappa shape index (κ2) is 3.59. The molecule has 2 aromatic heterocycles. The Morgan fingerprint density at radius 3 is 2.59 bits per heavy atom. The lowest BCUT2D eigenvalue weighted by atomic mass is 10.2. The first-order valence-electron chi connectivity index (χ1n) is 4.22. The normalized spacial score (nSPS) is 12.0. The summed E-state index contributed by atoms with van der Waals surface area (Å²) in [4.78, 5) is 20.1. The first-order valence-corrected chi connectivity index (χ1v) is 4.60. The van der Waals surface area contributed by atoms with Gasteiger partial charge in [-0.1, -0.05) is 11.6 Å². The number of hydrogen-bond acceptors (Lipinski definition) is 4. The maximum atomic E-state index is 12.7. The lowest BCUT2D eigenvalue weighted by Gasteiger charge is -2.10. The second-order valence-corrected chi connectivity index (χ2v) is 3.50. The zero-order valence-electron chi connectivity index (χ0n) is 7.97. The van der Waals surface area contributed by atoms with Crippen LogP contribution < -0.4 is 11.3 Å². The summed E-state index contributed by atoms with van der Waals surface area (Å²) in [7, 11) is 0. The van der Waals surface area contributed by atoms with Crippen molar-refractivity contribution in [2.24, 2.45) is 0 Å². The maximum Gasteiger partial charge on any atom is 0.417 e. The van der Waals surface area contributed by atoms with Gasteiger partial charge in [-0.15, -0.1) is 0 Å². The Bertz CT molecular complexity index is 651. The molecule has 9 heteroatoms. The number of aromatic amines is 1. The van der Waals surface area contributed by atoms with E-state index in [4.69, 9.17) is 17.3 Å². The molecule has 17 heavy (non-hydrogen) atoms. The fourth-order valence-electron chi connectivity index (χ4n) is 1.36. The smallest absolute Gasteiger partial charge is 0.368 e. The molecule has 2 aromatic rings. The van der Waals surface area contributed by atoms with Gasteiger partial charge in [0.25, 0.3) is 0 Å². The number of hydrogen-bond donors (Lipinski definition) is 2. The highest BCUT2D eigenvalue weighted by atomic mass is 35.5. The van der Waals surface area contributed by atoms with Crippen LogP contribution in [0.1, 0.15) is 5.56 Å². The maximum absolute atomic E-state index is 12.7. The minimum atomic E-state index is -4.73. The molecule has 0 aliphatic heterocycles. The van der Waals surface area contributed by atoms with Crippen LogP contribution in [0.2, 0.25) is 5.15 Å². The van der Waals surface area contributed by atoms with Gasteiger partial charge in [-0.3, -0.25) is 4.79 Å². The van der Waals surface area contributed by atoms with E-state index >= 15 is 0 Å². The first-order chi connectivity index (χ1) is 7.79. The highest BCUT2D eigenvalue weighted by Crippen LogP contribution is 2.35. The van der Waals surface area contributed by atoms with E-state index in [9.17, 15) is 18.0 Å². The molecular weight excluding hydrogens is 261 g/mol. The highest BCUT2D eigenvalue weighted by molar-refractivity contribution is 6.34. The average molecular weight is 265 g/mol. The monoisotopic (exact) mass is 264 g/mol. The predicted molar refractivity (Wildman–Crippen MR) is 54.6 cm³/mol. The van der Waals surface area contributed by atoms with Gasteiger partial charge < -0.3 is 10.7 Å². The minimum Gasteiger partial charge on any atom is -0.368 e. The van der Waals surface area contributed by atoms with Gasteiger partial charge in [0.2, 0.25) is 11.5 Å². The van der Waals surface area contributed by atoms with Crippen LogP contribution in [0, 0.1) is 0 Å². The first kappa shape index (κ1) is 11.6. The van der Waals surface area contributed by atoms with Crippen LogP contribution in [0.5, 0.6) is 0 Å². The number of pyridine rings is 1. The lowest BCUT2D eigenvalue weighted by molar-refractivity contribution is -0.136. The number of halogens is 4. The number of alkyl halides is 3. The number of nitrogens with two attached hydrogens (primary N) is 1. The summed E-state index contributed by atoms with van der Waals surface area (Å²) in [6.45, 7) is 0. The molecule has 0 spiro atoms. The summed E-state index contributed by atoms with van der Waals surface area (Å²) in [5, 5.41) is -0.941. The van der Waals surface area contributed by atoms with Gasteiger partial charge >= 0.3 is 6.18 Å². The zero-order chi connectivity index (χ0) is 12.8. The summed E-state index contributed by atoms with van der Waals surface area (Å²) in [6, 6.07) is 0.397. The van der Waals surface area contributed by atoms with Crippen molar-refractivity contribution in [2.45, 2.75) is 6.18 Å². The molecule has 0 amide bonds. The molecule has 0 saturated carbocycles. The summed E-state index contributed by atoms with van der Waals surface area (Å²) >= 11 is 5.57. The van der Waals surface area contributed by atoms with Gasteiger partial charge in [-0.2, -0.15) is 18.2 Å². The van der Waals surface area contributed by atoms with Crippen LogP contribution in [0.3, 0.4) is 0 Å². The van der Waals surface area contributed by atoms with Crippen molar-refractivity contribution in [3.05, 3.63) is 27.1 Å². The average Bonchev–Trinajstić information content (AvgIpc) is 2.13. The Kier molecular flexibility index (Phi) is 2.46. The molecule has 0 atom stereocenters. The molecule has 0 aliphatic carbocycles. The van der Waals surface area contributed by atoms with E-state index in [-0.39, 0.29) is 11.6 Å². The van der Waals surface area contributed by atoms with E-state index in [0.717, 1.165) is 0 Å². The third-order valence-corrected chi connectivity index (χ3v) is 2.25. The van der Waals surface area contributed by atoms with Crippen LogP contribution in [0.15, 0.2) is 10.9 Å². The fraction of sp³-hybridized carbons (Fsp3) is 0.125. The standard InChI is InChI=1S/C8H4ClF3N4O/c9-5-4-2(8(10,11)12)1-3(17)14-6(4)16-7(13)15-5/h1H,(H3,13,14,15,16,17). The van der Waals surface area contributed by atoms with Crippen molar-refractivity contribution >= 4 is 28.6 Å². The summed E-state index contributed by atoms with van der Waals surface area (Å²) in [5.41, 5.74) is 2.74. The van der Waals surface area contributed by atoms with E-state index in [1.54, 1.807) is 0 Å². The Balaban J connectivity index is 2.98. The number of nitrogens with one attached hydrogen (secondary N) is 1. The quantitative estimate of drug-likeness (QED) is 0.708. The minimum absolute atomic E-state index is 0.322. The van der Waals surface area contributed by atoms with E-state index in [1.165, 1.54) is 0 Å². The van der Waals surface area contributed by atoms with E-state index in [1.807, 2.05) is 0 Å². The summed E-state index contributed by atoms with van der Waals surface area (Å²) < 4.78 is 38.0. The molecule has 5 nitrogen and oxygen atoms in total. The molecule has 0 radical (unpaired) electrons. The third kappa shape index (κ3) is 2.03. The number of fused-ring (bicyclic) bond motifs is 1. The number of anilines is 1. The largest absolute Gasteiger partial charge is 0.417 e. The number of H-pyrrole nitrogens is 1. The Labute approximate surface area is 96.4 Å². The number of nitrogens with zero attached hydrogens (tertiary/aromatic N) is 2. The van der Waals surface area contributed by atoms with E-state index in [0.29, 0.717) is 6.07 Å². The number of rotatable bonds is 0. The van der Waals surface area contributed by atoms with Crippen molar-refractivity contribution < 1.29 is 13.2 Å². The van der Waals surface area contributed by atoms with Crippen molar-refractivity contribution in [1.29, 1.82) is 0 Å². The van der Waals surface area contributed by atoms with Gasteiger partial charge in [0.1, 0.15) is 10.8 Å². The zero-order valence-corrected chi connectivity index (χ0v) is 8.73. The van der Waals surface area contributed by atoms with Gasteiger partial charge in [0, 0.05) is 6.07 Å². The molecule has 0 aromatic carbocycles. The molecule has 0 saturated heterocycles. The van der Waals surface area contributed by atoms with Gasteiger partial charge in [-0.25, -0.2) is 4.98 Å². The number of nitrogen functional groups attached to an aromatic ring is 1. The Morgan fingerprint density at radius 2 is 2.00 bits per heavy atom. The molecular formula is C8H4ClF3N4O. The molecule has 0 unspecified atom stereocenters. The molecule has 3 N–H and O–H groups in total. The van der Waals surface area contributed by atoms with Crippen LogP contribution in [-0.2, 0) is 6.18 Å². The molecule has 0 fully saturated rings. The van der Waals surface area contributed by atoms with E-state index < -0.39 is 27.8 Å². The second-order valence-electron chi connectivity index (χ2n) is 3.14. The predicted octanol–water partition coefficient (Wildman–Crippen LogP) is 1.57. The van der Waals surface area contributed by atoms with Crippen LogP contribution >= 0.6 is 11.6 Å². The summed E-state index contributed by atoms with van der Waals surface area (Å²) in [5.74, 6) is -0.322. The van der Waals surface area contributed by atoms with Gasteiger partial charge in [0.15, 0.2) is 0 Å². The summed E-state index contributed by atoms with van der Waals surface area (Å²) in [6.07, 6.45) is -4.73. The Morgan fingerprint density at radius 1 is 1.35 bits per heavy atom.